The molecule has 0 bridgehead atoms. The second-order valence-corrected chi connectivity index (χ2v) is 4.25. The van der Waals surface area contributed by atoms with Gasteiger partial charge in [-0.3, -0.25) is 9.48 Å². The first-order valence-electron chi connectivity index (χ1n) is 5.63. The molecule has 5 nitrogen and oxygen atoms in total. The maximum atomic E-state index is 12.3. The number of aryl methyl sites for hydroxylation is 2. The first-order valence-corrected chi connectivity index (χ1v) is 5.63. The molecule has 0 spiro atoms. The summed E-state index contributed by atoms with van der Waals surface area (Å²) >= 11 is 0. The molecule has 0 radical (unpaired) electrons. The molecule has 2 rings (SSSR count). The van der Waals surface area contributed by atoms with Crippen LogP contribution < -0.4 is 10.6 Å². The van der Waals surface area contributed by atoms with E-state index in [0.717, 1.165) is 11.4 Å². The maximum Gasteiger partial charge on any atom is 0.276 e. The Morgan fingerprint density at radius 3 is 2.67 bits per heavy atom. The number of anilines is 2. The Bertz CT molecular complexity index is 588. The standard InChI is InChI=1S/C13H16N4O/c1-9-7-12(17(3)15-9)13(18)16(2)11-6-4-5-10(14)8-11/h4-8H,14H2,1-3H3. The van der Waals surface area contributed by atoms with Gasteiger partial charge in [0.2, 0.25) is 0 Å². The largest absolute Gasteiger partial charge is 0.399 e. The average Bonchev–Trinajstić information content (AvgIpc) is 2.66. The third-order valence-corrected chi connectivity index (χ3v) is 2.78. The minimum atomic E-state index is -0.108. The molecular formula is C13H16N4O. The smallest absolute Gasteiger partial charge is 0.276 e. The van der Waals surface area contributed by atoms with Crippen LogP contribution in [0.3, 0.4) is 0 Å². The number of aromatic nitrogens is 2. The quantitative estimate of drug-likeness (QED) is 0.816. The molecule has 0 saturated heterocycles. The molecule has 1 aromatic heterocycles. The third-order valence-electron chi connectivity index (χ3n) is 2.78. The number of hydrogen-bond acceptors (Lipinski definition) is 3. The summed E-state index contributed by atoms with van der Waals surface area (Å²) in [6, 6.07) is 8.99. The van der Waals surface area contributed by atoms with E-state index in [9.17, 15) is 4.79 Å². The van der Waals surface area contributed by atoms with Gasteiger partial charge in [-0.1, -0.05) is 6.07 Å². The van der Waals surface area contributed by atoms with Crippen LogP contribution in [0.1, 0.15) is 16.2 Å². The van der Waals surface area contributed by atoms with Crippen molar-refractivity contribution >= 4 is 17.3 Å². The molecule has 0 unspecified atom stereocenters. The molecule has 0 atom stereocenters. The zero-order valence-corrected chi connectivity index (χ0v) is 10.7. The lowest BCUT2D eigenvalue weighted by atomic mass is 10.2. The Balaban J connectivity index is 2.32. The minimum absolute atomic E-state index is 0.108. The molecular weight excluding hydrogens is 228 g/mol. The monoisotopic (exact) mass is 244 g/mol. The predicted molar refractivity (Wildman–Crippen MR) is 71.5 cm³/mol. The van der Waals surface area contributed by atoms with Gasteiger partial charge in [-0.25, -0.2) is 0 Å². The van der Waals surface area contributed by atoms with Crippen molar-refractivity contribution in [3.05, 3.63) is 41.7 Å². The molecule has 0 aliphatic carbocycles. The van der Waals surface area contributed by atoms with E-state index in [2.05, 4.69) is 5.10 Å². The van der Waals surface area contributed by atoms with Gasteiger partial charge in [0, 0.05) is 25.5 Å². The van der Waals surface area contributed by atoms with Crippen LogP contribution in [0.15, 0.2) is 30.3 Å². The molecule has 94 valence electrons. The Morgan fingerprint density at radius 1 is 1.39 bits per heavy atom. The maximum absolute atomic E-state index is 12.3. The van der Waals surface area contributed by atoms with Gasteiger partial charge < -0.3 is 10.6 Å². The number of carbonyl (C=O) groups is 1. The van der Waals surface area contributed by atoms with Crippen molar-refractivity contribution in [2.24, 2.45) is 7.05 Å². The molecule has 0 aliphatic rings. The zero-order chi connectivity index (χ0) is 13.3. The van der Waals surface area contributed by atoms with Crippen molar-refractivity contribution < 1.29 is 4.79 Å². The van der Waals surface area contributed by atoms with Gasteiger partial charge in [0.1, 0.15) is 5.69 Å². The SMILES string of the molecule is Cc1cc(C(=O)N(C)c2cccc(N)c2)n(C)n1. The Hall–Kier alpha value is -2.30. The van der Waals surface area contributed by atoms with Crippen LogP contribution in [0.25, 0.3) is 0 Å². The zero-order valence-electron chi connectivity index (χ0n) is 10.7. The fraction of sp³-hybridized carbons (Fsp3) is 0.231. The lowest BCUT2D eigenvalue weighted by molar-refractivity contribution is 0.0984. The summed E-state index contributed by atoms with van der Waals surface area (Å²) in [5, 5.41) is 4.17. The van der Waals surface area contributed by atoms with Crippen LogP contribution in [-0.2, 0) is 7.05 Å². The van der Waals surface area contributed by atoms with Gasteiger partial charge in [-0.2, -0.15) is 5.10 Å². The minimum Gasteiger partial charge on any atom is -0.399 e. The van der Waals surface area contributed by atoms with E-state index >= 15 is 0 Å². The number of amides is 1. The van der Waals surface area contributed by atoms with Crippen molar-refractivity contribution in [2.45, 2.75) is 6.92 Å². The van der Waals surface area contributed by atoms with Crippen molar-refractivity contribution in [2.75, 3.05) is 17.7 Å². The number of hydrogen-bond donors (Lipinski definition) is 1. The van der Waals surface area contributed by atoms with Crippen LogP contribution in [0.5, 0.6) is 0 Å². The summed E-state index contributed by atoms with van der Waals surface area (Å²) in [6.45, 7) is 1.86. The van der Waals surface area contributed by atoms with Crippen molar-refractivity contribution in [3.63, 3.8) is 0 Å². The van der Waals surface area contributed by atoms with Crippen LogP contribution in [0.2, 0.25) is 0 Å². The first kappa shape index (κ1) is 12.2. The van der Waals surface area contributed by atoms with Crippen molar-refractivity contribution in [3.8, 4) is 0 Å². The number of rotatable bonds is 2. The van der Waals surface area contributed by atoms with Crippen LogP contribution in [0.4, 0.5) is 11.4 Å². The average molecular weight is 244 g/mol. The van der Waals surface area contributed by atoms with Gasteiger partial charge in [0.15, 0.2) is 0 Å². The number of nitrogen functional groups attached to an aromatic ring is 1. The van der Waals surface area contributed by atoms with Crippen LogP contribution >= 0.6 is 0 Å². The second-order valence-electron chi connectivity index (χ2n) is 4.25. The molecule has 2 N–H and O–H groups in total. The predicted octanol–water partition coefficient (Wildman–Crippen LogP) is 1.59. The van der Waals surface area contributed by atoms with E-state index < -0.39 is 0 Å². The molecule has 0 saturated carbocycles. The van der Waals surface area contributed by atoms with Gasteiger partial charge >= 0.3 is 0 Å². The fourth-order valence-corrected chi connectivity index (χ4v) is 1.83. The van der Waals surface area contributed by atoms with Gasteiger partial charge in [0.25, 0.3) is 5.91 Å². The second kappa shape index (κ2) is 4.52. The van der Waals surface area contributed by atoms with Crippen molar-refractivity contribution in [1.82, 2.24) is 9.78 Å². The van der Waals surface area contributed by atoms with Crippen molar-refractivity contribution in [1.29, 1.82) is 0 Å². The number of benzene rings is 1. The van der Waals surface area contributed by atoms with E-state index in [1.165, 1.54) is 0 Å². The Labute approximate surface area is 106 Å². The van der Waals surface area contributed by atoms with Crippen LogP contribution in [-0.4, -0.2) is 22.7 Å². The molecule has 1 aromatic carbocycles. The topological polar surface area (TPSA) is 64.2 Å². The van der Waals surface area contributed by atoms with E-state index in [0.29, 0.717) is 11.4 Å². The summed E-state index contributed by atoms with van der Waals surface area (Å²) in [5.41, 5.74) is 8.48. The summed E-state index contributed by atoms with van der Waals surface area (Å²) in [4.78, 5) is 13.9. The highest BCUT2D eigenvalue weighted by atomic mass is 16.2. The van der Waals surface area contributed by atoms with E-state index in [1.807, 2.05) is 19.1 Å². The summed E-state index contributed by atoms with van der Waals surface area (Å²) in [5.74, 6) is -0.108. The molecule has 0 fully saturated rings. The Morgan fingerprint density at radius 2 is 2.11 bits per heavy atom. The lowest BCUT2D eigenvalue weighted by Crippen LogP contribution is -2.28. The van der Waals surface area contributed by atoms with E-state index in [-0.39, 0.29) is 5.91 Å². The number of nitrogens with zero attached hydrogens (tertiary/aromatic N) is 3. The number of carbonyl (C=O) groups excluding carboxylic acids is 1. The molecule has 0 aliphatic heterocycles. The normalized spacial score (nSPS) is 10.4. The lowest BCUT2D eigenvalue weighted by Gasteiger charge is -2.17. The summed E-state index contributed by atoms with van der Waals surface area (Å²) in [7, 11) is 3.48. The summed E-state index contributed by atoms with van der Waals surface area (Å²) < 4.78 is 1.58. The third kappa shape index (κ3) is 2.20. The highest BCUT2D eigenvalue weighted by Gasteiger charge is 2.17. The highest BCUT2D eigenvalue weighted by molar-refractivity contribution is 6.04. The summed E-state index contributed by atoms with van der Waals surface area (Å²) in [6.07, 6.45) is 0. The highest BCUT2D eigenvalue weighted by Crippen LogP contribution is 2.18. The van der Waals surface area contributed by atoms with Gasteiger partial charge in [0.05, 0.1) is 5.69 Å². The van der Waals surface area contributed by atoms with Crippen LogP contribution in [0, 0.1) is 6.92 Å². The molecule has 1 heterocycles. The van der Waals surface area contributed by atoms with Gasteiger partial charge in [-0.05, 0) is 31.2 Å². The molecule has 1 amide bonds. The molecule has 18 heavy (non-hydrogen) atoms. The number of nitrogens with two attached hydrogens (primary N) is 1. The molecule has 5 heteroatoms. The molecule has 2 aromatic rings. The Kier molecular flexibility index (Phi) is 3.06. The van der Waals surface area contributed by atoms with E-state index in [4.69, 9.17) is 5.73 Å². The van der Waals surface area contributed by atoms with Gasteiger partial charge in [-0.15, -0.1) is 0 Å². The van der Waals surface area contributed by atoms with E-state index in [1.54, 1.807) is 41.9 Å². The fourth-order valence-electron chi connectivity index (χ4n) is 1.83. The first-order chi connectivity index (χ1) is 8.49.